The van der Waals surface area contributed by atoms with Gasteiger partial charge in [0.1, 0.15) is 10.6 Å². The molecular formula is C20H22Cl2N2O4S. The summed E-state index contributed by atoms with van der Waals surface area (Å²) in [6, 6.07) is 11.3. The van der Waals surface area contributed by atoms with Gasteiger partial charge in [-0.15, -0.1) is 0 Å². The average molecular weight is 457 g/mol. The third-order valence-corrected chi connectivity index (χ3v) is 7.10. The Morgan fingerprint density at radius 2 is 1.72 bits per heavy atom. The fourth-order valence-corrected chi connectivity index (χ4v) is 5.17. The van der Waals surface area contributed by atoms with E-state index in [4.69, 9.17) is 27.9 Å². The smallest absolute Gasteiger partial charge is 0.258 e. The van der Waals surface area contributed by atoms with Crippen molar-refractivity contribution in [1.29, 1.82) is 0 Å². The zero-order valence-corrected chi connectivity index (χ0v) is 18.2. The molecule has 0 radical (unpaired) electrons. The maximum absolute atomic E-state index is 12.9. The largest absolute Gasteiger partial charge is 0.482 e. The lowest BCUT2D eigenvalue weighted by Gasteiger charge is -2.19. The Labute approximate surface area is 180 Å². The summed E-state index contributed by atoms with van der Waals surface area (Å²) in [4.78, 5) is 12.3. The molecule has 0 unspecified atom stereocenters. The highest BCUT2D eigenvalue weighted by atomic mass is 35.5. The van der Waals surface area contributed by atoms with E-state index >= 15 is 0 Å². The molecule has 0 aliphatic carbocycles. The summed E-state index contributed by atoms with van der Waals surface area (Å²) in [5.41, 5.74) is 0.895. The quantitative estimate of drug-likeness (QED) is 0.681. The second-order valence-corrected chi connectivity index (χ2v) is 9.61. The number of carbonyl (C=O) groups excluding carboxylic acids is 1. The van der Waals surface area contributed by atoms with Crippen molar-refractivity contribution in [2.24, 2.45) is 0 Å². The highest BCUT2D eigenvalue weighted by molar-refractivity contribution is 7.89. The van der Waals surface area contributed by atoms with Gasteiger partial charge in [-0.25, -0.2) is 8.42 Å². The summed E-state index contributed by atoms with van der Waals surface area (Å²) in [6.45, 7) is 2.45. The fraction of sp³-hybridized carbons (Fsp3) is 0.350. The third kappa shape index (κ3) is 5.42. The van der Waals surface area contributed by atoms with Gasteiger partial charge in [0, 0.05) is 23.1 Å². The van der Waals surface area contributed by atoms with E-state index < -0.39 is 10.0 Å². The van der Waals surface area contributed by atoms with Crippen LogP contribution < -0.4 is 10.1 Å². The number of halogens is 2. The number of ether oxygens (including phenoxy) is 1. The van der Waals surface area contributed by atoms with Crippen molar-refractivity contribution in [3.05, 3.63) is 58.1 Å². The number of hydrogen-bond acceptors (Lipinski definition) is 4. The Morgan fingerprint density at radius 1 is 1.10 bits per heavy atom. The van der Waals surface area contributed by atoms with E-state index in [9.17, 15) is 13.2 Å². The molecule has 6 nitrogen and oxygen atoms in total. The van der Waals surface area contributed by atoms with Crippen LogP contribution in [0.1, 0.15) is 31.4 Å². The van der Waals surface area contributed by atoms with Crippen LogP contribution in [0.5, 0.6) is 5.75 Å². The van der Waals surface area contributed by atoms with Gasteiger partial charge in [-0.2, -0.15) is 4.31 Å². The molecular weight excluding hydrogens is 435 g/mol. The van der Waals surface area contributed by atoms with Crippen molar-refractivity contribution in [2.75, 3.05) is 19.7 Å². The second-order valence-electron chi connectivity index (χ2n) is 6.83. The Bertz CT molecular complexity index is 974. The van der Waals surface area contributed by atoms with Crippen molar-refractivity contribution >= 4 is 39.1 Å². The molecule has 0 spiro atoms. The molecule has 1 atom stereocenters. The molecule has 156 valence electrons. The molecule has 0 saturated carbocycles. The highest BCUT2D eigenvalue weighted by Gasteiger charge is 2.30. The van der Waals surface area contributed by atoms with Crippen molar-refractivity contribution in [3.8, 4) is 5.75 Å². The minimum Gasteiger partial charge on any atom is -0.482 e. The van der Waals surface area contributed by atoms with Crippen molar-refractivity contribution in [2.45, 2.75) is 30.7 Å². The first-order chi connectivity index (χ1) is 13.8. The van der Waals surface area contributed by atoms with Gasteiger partial charge in [-0.1, -0.05) is 35.3 Å². The van der Waals surface area contributed by atoms with Gasteiger partial charge in [0.25, 0.3) is 5.91 Å². The maximum atomic E-state index is 12.9. The van der Waals surface area contributed by atoms with E-state index in [1.165, 1.54) is 22.5 Å². The molecule has 1 aliphatic rings. The molecule has 1 saturated heterocycles. The van der Waals surface area contributed by atoms with Gasteiger partial charge in [-0.3, -0.25) is 4.79 Å². The first kappa shape index (κ1) is 21.9. The van der Waals surface area contributed by atoms with E-state index in [0.717, 1.165) is 18.4 Å². The monoisotopic (exact) mass is 456 g/mol. The van der Waals surface area contributed by atoms with Gasteiger partial charge < -0.3 is 10.1 Å². The molecule has 29 heavy (non-hydrogen) atoms. The van der Waals surface area contributed by atoms with Crippen LogP contribution in [0.15, 0.2) is 47.4 Å². The Kier molecular flexibility index (Phi) is 7.05. The highest BCUT2D eigenvalue weighted by Crippen LogP contribution is 2.31. The zero-order valence-electron chi connectivity index (χ0n) is 15.9. The average Bonchev–Trinajstić information content (AvgIpc) is 3.23. The lowest BCUT2D eigenvalue weighted by atomic mass is 10.1. The number of hydrogen-bond donors (Lipinski definition) is 1. The molecule has 2 aromatic rings. The van der Waals surface area contributed by atoms with Gasteiger partial charge in [0.2, 0.25) is 10.0 Å². The Balaban J connectivity index is 1.68. The van der Waals surface area contributed by atoms with E-state index in [-0.39, 0.29) is 34.2 Å². The van der Waals surface area contributed by atoms with Gasteiger partial charge in [0.05, 0.1) is 6.04 Å². The molecule has 1 amide bonds. The predicted molar refractivity (Wildman–Crippen MR) is 113 cm³/mol. The Morgan fingerprint density at radius 3 is 2.38 bits per heavy atom. The number of carbonyl (C=O) groups is 1. The molecule has 1 aliphatic heterocycles. The molecule has 3 rings (SSSR count). The first-order valence-corrected chi connectivity index (χ1v) is 11.4. The van der Waals surface area contributed by atoms with E-state index in [1.807, 2.05) is 19.1 Å². The lowest BCUT2D eigenvalue weighted by molar-refractivity contribution is -0.123. The van der Waals surface area contributed by atoms with Crippen LogP contribution >= 0.6 is 23.2 Å². The molecule has 0 bridgehead atoms. The van der Waals surface area contributed by atoms with E-state index in [2.05, 4.69) is 5.32 Å². The summed E-state index contributed by atoms with van der Waals surface area (Å²) in [5.74, 6) is -0.262. The number of benzene rings is 2. The van der Waals surface area contributed by atoms with Crippen LogP contribution in [-0.4, -0.2) is 38.3 Å². The normalized spacial score (nSPS) is 15.8. The van der Waals surface area contributed by atoms with Crippen LogP contribution in [0.4, 0.5) is 0 Å². The molecule has 1 N–H and O–H groups in total. The number of nitrogens with zero attached hydrogens (tertiary/aromatic N) is 1. The number of sulfonamides is 1. The predicted octanol–water partition coefficient (Wildman–Crippen LogP) is 4.03. The minimum absolute atomic E-state index is 0.0227. The third-order valence-electron chi connectivity index (χ3n) is 4.69. The SMILES string of the molecule is C[C@@H](NC(=O)COc1ccc(Cl)cc1S(=O)(=O)N1CCCC1)c1ccc(Cl)cc1. The van der Waals surface area contributed by atoms with Crippen molar-refractivity contribution in [1.82, 2.24) is 9.62 Å². The van der Waals surface area contributed by atoms with Gasteiger partial charge in [0.15, 0.2) is 6.61 Å². The van der Waals surface area contributed by atoms with Gasteiger partial charge in [-0.05, 0) is 55.7 Å². The van der Waals surface area contributed by atoms with Crippen molar-refractivity contribution < 1.29 is 17.9 Å². The summed E-state index contributed by atoms with van der Waals surface area (Å²) in [6.07, 6.45) is 1.64. The Hall–Kier alpha value is -1.80. The standard InChI is InChI=1S/C20H22Cl2N2O4S/c1-14(15-4-6-16(21)7-5-15)23-20(25)13-28-18-9-8-17(22)12-19(18)29(26,27)24-10-2-3-11-24/h4-9,12,14H,2-3,10-11,13H2,1H3,(H,23,25)/t14-/m1/s1. The van der Waals surface area contributed by atoms with Crippen LogP contribution in [0, 0.1) is 0 Å². The molecule has 1 fully saturated rings. The first-order valence-electron chi connectivity index (χ1n) is 9.25. The fourth-order valence-electron chi connectivity index (χ4n) is 3.13. The van der Waals surface area contributed by atoms with Crippen LogP contribution in [0.3, 0.4) is 0 Å². The maximum Gasteiger partial charge on any atom is 0.258 e. The lowest BCUT2D eigenvalue weighted by Crippen LogP contribution is -2.32. The molecule has 9 heteroatoms. The summed E-state index contributed by atoms with van der Waals surface area (Å²) >= 11 is 11.9. The second kappa shape index (κ2) is 9.34. The summed E-state index contributed by atoms with van der Waals surface area (Å²) < 4.78 is 32.8. The summed E-state index contributed by atoms with van der Waals surface area (Å²) in [7, 11) is -3.73. The molecule has 1 heterocycles. The van der Waals surface area contributed by atoms with E-state index in [0.29, 0.717) is 18.1 Å². The summed E-state index contributed by atoms with van der Waals surface area (Å²) in [5, 5.41) is 3.72. The van der Waals surface area contributed by atoms with Crippen LogP contribution in [0.2, 0.25) is 10.0 Å². The number of rotatable bonds is 7. The van der Waals surface area contributed by atoms with E-state index in [1.54, 1.807) is 12.1 Å². The van der Waals surface area contributed by atoms with Crippen molar-refractivity contribution in [3.63, 3.8) is 0 Å². The zero-order chi connectivity index (χ0) is 21.0. The van der Waals surface area contributed by atoms with Gasteiger partial charge >= 0.3 is 0 Å². The van der Waals surface area contributed by atoms with Crippen LogP contribution in [-0.2, 0) is 14.8 Å². The molecule has 0 aromatic heterocycles. The number of amides is 1. The topological polar surface area (TPSA) is 75.7 Å². The minimum atomic E-state index is -3.73. The number of nitrogens with one attached hydrogen (secondary N) is 1. The molecule has 2 aromatic carbocycles. The van der Waals surface area contributed by atoms with Crippen LogP contribution in [0.25, 0.3) is 0 Å².